The van der Waals surface area contributed by atoms with Gasteiger partial charge in [-0.2, -0.15) is 0 Å². The smallest absolute Gasteiger partial charge is 0.127 e. The normalized spacial score (nSPS) is 33.4. The van der Waals surface area contributed by atoms with Crippen LogP contribution in [0.5, 0.6) is 0 Å². The minimum Gasteiger partial charge on any atom is -0.327 e. The summed E-state index contributed by atoms with van der Waals surface area (Å²) in [6.45, 7) is 2.01. The topological polar surface area (TPSA) is 26.0 Å². The number of nitrogens with two attached hydrogens (primary N) is 1. The monoisotopic (exact) mass is 165 g/mol. The SMILES string of the molecule is CC1(c2ccccc2F)CC1N. The lowest BCUT2D eigenvalue weighted by Crippen LogP contribution is -2.15. The Morgan fingerprint density at radius 1 is 1.50 bits per heavy atom. The van der Waals surface area contributed by atoms with Crippen LogP contribution in [-0.4, -0.2) is 6.04 Å². The van der Waals surface area contributed by atoms with Gasteiger partial charge < -0.3 is 5.73 Å². The van der Waals surface area contributed by atoms with Crippen LogP contribution in [0.2, 0.25) is 0 Å². The van der Waals surface area contributed by atoms with Crippen LogP contribution < -0.4 is 5.73 Å². The van der Waals surface area contributed by atoms with Crippen molar-refractivity contribution in [1.29, 1.82) is 0 Å². The molecule has 1 nitrogen and oxygen atoms in total. The predicted molar refractivity (Wildman–Crippen MR) is 46.3 cm³/mol. The van der Waals surface area contributed by atoms with Gasteiger partial charge in [0.05, 0.1) is 0 Å². The van der Waals surface area contributed by atoms with E-state index in [0.717, 1.165) is 12.0 Å². The van der Waals surface area contributed by atoms with Crippen molar-refractivity contribution < 1.29 is 4.39 Å². The lowest BCUT2D eigenvalue weighted by Gasteiger charge is -2.10. The van der Waals surface area contributed by atoms with E-state index < -0.39 is 0 Å². The molecule has 0 radical (unpaired) electrons. The van der Waals surface area contributed by atoms with Gasteiger partial charge in [0, 0.05) is 11.5 Å². The summed E-state index contributed by atoms with van der Waals surface area (Å²) in [5.74, 6) is -0.132. The van der Waals surface area contributed by atoms with Crippen LogP contribution in [0, 0.1) is 5.82 Å². The maximum absolute atomic E-state index is 13.2. The van der Waals surface area contributed by atoms with Crippen LogP contribution in [0.4, 0.5) is 4.39 Å². The van der Waals surface area contributed by atoms with Crippen molar-refractivity contribution >= 4 is 0 Å². The Labute approximate surface area is 71.4 Å². The van der Waals surface area contributed by atoms with Crippen molar-refractivity contribution in [1.82, 2.24) is 0 Å². The first-order valence-corrected chi connectivity index (χ1v) is 4.15. The second-order valence-electron chi connectivity index (χ2n) is 3.71. The summed E-state index contributed by atoms with van der Waals surface area (Å²) in [7, 11) is 0. The molecule has 64 valence electrons. The molecule has 0 saturated heterocycles. The molecule has 2 N–H and O–H groups in total. The fourth-order valence-corrected chi connectivity index (χ4v) is 1.63. The molecule has 0 bridgehead atoms. The summed E-state index contributed by atoms with van der Waals surface area (Å²) in [4.78, 5) is 0. The second kappa shape index (κ2) is 2.30. The van der Waals surface area contributed by atoms with Crippen molar-refractivity contribution in [2.45, 2.75) is 24.8 Å². The maximum Gasteiger partial charge on any atom is 0.127 e. The quantitative estimate of drug-likeness (QED) is 0.674. The highest BCUT2D eigenvalue weighted by molar-refractivity contribution is 5.35. The van der Waals surface area contributed by atoms with Gasteiger partial charge in [-0.15, -0.1) is 0 Å². The Morgan fingerprint density at radius 3 is 2.58 bits per heavy atom. The fraction of sp³-hybridized carbons (Fsp3) is 0.400. The van der Waals surface area contributed by atoms with Gasteiger partial charge in [0.1, 0.15) is 5.82 Å². The van der Waals surface area contributed by atoms with E-state index in [4.69, 9.17) is 5.73 Å². The summed E-state index contributed by atoms with van der Waals surface area (Å²) < 4.78 is 13.2. The first-order valence-electron chi connectivity index (χ1n) is 4.15. The van der Waals surface area contributed by atoms with Crippen molar-refractivity contribution in [2.75, 3.05) is 0 Å². The lowest BCUT2D eigenvalue weighted by atomic mass is 9.97. The Kier molecular flexibility index (Phi) is 1.48. The average molecular weight is 165 g/mol. The Hall–Kier alpha value is -0.890. The van der Waals surface area contributed by atoms with Gasteiger partial charge in [-0.3, -0.25) is 0 Å². The standard InChI is InChI=1S/C10H12FN/c1-10(6-9(10)12)7-4-2-3-5-8(7)11/h2-5,9H,6,12H2,1H3. The summed E-state index contributed by atoms with van der Waals surface area (Å²) in [6, 6.07) is 7.01. The second-order valence-corrected chi connectivity index (χ2v) is 3.71. The maximum atomic E-state index is 13.2. The van der Waals surface area contributed by atoms with E-state index in [1.807, 2.05) is 19.1 Å². The van der Waals surface area contributed by atoms with E-state index in [9.17, 15) is 4.39 Å². The lowest BCUT2D eigenvalue weighted by molar-refractivity contribution is 0.580. The Balaban J connectivity index is 2.41. The molecule has 2 rings (SSSR count). The molecule has 2 heteroatoms. The molecule has 1 aliphatic rings. The number of hydrogen-bond acceptors (Lipinski definition) is 1. The number of benzene rings is 1. The molecule has 12 heavy (non-hydrogen) atoms. The van der Waals surface area contributed by atoms with E-state index >= 15 is 0 Å². The van der Waals surface area contributed by atoms with E-state index in [2.05, 4.69) is 0 Å². The highest BCUT2D eigenvalue weighted by atomic mass is 19.1. The van der Waals surface area contributed by atoms with Crippen molar-refractivity contribution in [3.05, 3.63) is 35.6 Å². The van der Waals surface area contributed by atoms with Crippen LogP contribution in [-0.2, 0) is 5.41 Å². The highest BCUT2D eigenvalue weighted by Gasteiger charge is 2.50. The molecule has 0 spiro atoms. The zero-order valence-electron chi connectivity index (χ0n) is 7.05. The van der Waals surface area contributed by atoms with Crippen molar-refractivity contribution in [3.8, 4) is 0 Å². The molecule has 1 fully saturated rings. The fourth-order valence-electron chi connectivity index (χ4n) is 1.63. The third kappa shape index (κ3) is 0.950. The molecule has 0 aromatic heterocycles. The third-order valence-electron chi connectivity index (χ3n) is 2.79. The Morgan fingerprint density at radius 2 is 2.08 bits per heavy atom. The largest absolute Gasteiger partial charge is 0.327 e. The van der Waals surface area contributed by atoms with Crippen LogP contribution in [0.3, 0.4) is 0 Å². The minimum atomic E-state index is -0.132. The Bertz CT molecular complexity index is 310. The molecule has 0 amide bonds. The summed E-state index contributed by atoms with van der Waals surface area (Å²) in [6.07, 6.45) is 0.897. The van der Waals surface area contributed by atoms with E-state index in [1.54, 1.807) is 6.07 Å². The van der Waals surface area contributed by atoms with Crippen LogP contribution in [0.25, 0.3) is 0 Å². The van der Waals surface area contributed by atoms with E-state index in [0.29, 0.717) is 0 Å². The van der Waals surface area contributed by atoms with Crippen molar-refractivity contribution in [3.63, 3.8) is 0 Å². The van der Waals surface area contributed by atoms with Gasteiger partial charge in [0.15, 0.2) is 0 Å². The molecule has 1 saturated carbocycles. The van der Waals surface area contributed by atoms with Crippen LogP contribution in [0.1, 0.15) is 18.9 Å². The highest BCUT2D eigenvalue weighted by Crippen LogP contribution is 2.47. The van der Waals surface area contributed by atoms with Gasteiger partial charge in [-0.25, -0.2) is 4.39 Å². The summed E-state index contributed by atoms with van der Waals surface area (Å²) in [5.41, 5.74) is 6.39. The number of halogens is 1. The number of rotatable bonds is 1. The molecule has 0 heterocycles. The molecule has 1 aromatic rings. The van der Waals surface area contributed by atoms with Gasteiger partial charge in [0.2, 0.25) is 0 Å². The molecule has 2 atom stereocenters. The molecule has 0 aliphatic heterocycles. The minimum absolute atomic E-state index is 0.106. The average Bonchev–Trinajstić information content (AvgIpc) is 2.61. The van der Waals surface area contributed by atoms with E-state index in [-0.39, 0.29) is 17.3 Å². The summed E-state index contributed by atoms with van der Waals surface area (Å²) >= 11 is 0. The molecular formula is C10H12FN. The van der Waals surface area contributed by atoms with Gasteiger partial charge in [0.25, 0.3) is 0 Å². The zero-order valence-corrected chi connectivity index (χ0v) is 7.05. The van der Waals surface area contributed by atoms with Gasteiger partial charge in [-0.05, 0) is 18.1 Å². The zero-order chi connectivity index (χ0) is 8.77. The number of hydrogen-bond donors (Lipinski definition) is 1. The molecule has 1 aliphatic carbocycles. The third-order valence-corrected chi connectivity index (χ3v) is 2.79. The first kappa shape index (κ1) is 7.74. The molecule has 1 aromatic carbocycles. The summed E-state index contributed by atoms with van der Waals surface area (Å²) in [5, 5.41) is 0. The molecule has 2 unspecified atom stereocenters. The molecular weight excluding hydrogens is 153 g/mol. The first-order chi connectivity index (χ1) is 5.64. The van der Waals surface area contributed by atoms with Gasteiger partial charge in [-0.1, -0.05) is 25.1 Å². The van der Waals surface area contributed by atoms with Crippen molar-refractivity contribution in [2.24, 2.45) is 5.73 Å². The van der Waals surface area contributed by atoms with E-state index in [1.165, 1.54) is 6.07 Å². The van der Waals surface area contributed by atoms with Gasteiger partial charge >= 0.3 is 0 Å². The van der Waals surface area contributed by atoms with Crippen LogP contribution in [0.15, 0.2) is 24.3 Å². The van der Waals surface area contributed by atoms with Crippen LogP contribution >= 0.6 is 0 Å². The predicted octanol–water partition coefficient (Wildman–Crippen LogP) is 1.81.